The fourth-order valence-corrected chi connectivity index (χ4v) is 6.16. The largest absolute Gasteiger partial charge is 0.366 e. The van der Waals surface area contributed by atoms with Crippen molar-refractivity contribution in [3.63, 3.8) is 0 Å². The Morgan fingerprint density at radius 3 is 2.58 bits per heavy atom. The Kier molecular flexibility index (Phi) is 8.34. The van der Waals surface area contributed by atoms with Crippen molar-refractivity contribution in [2.24, 2.45) is 0 Å². The highest BCUT2D eigenvalue weighted by atomic mass is 32.1. The molecule has 9 heteroatoms. The monoisotopic (exact) mass is 545 g/mol. The third kappa shape index (κ3) is 5.73. The van der Waals surface area contributed by atoms with Crippen LogP contribution in [0.5, 0.6) is 0 Å². The second-order valence-electron chi connectivity index (χ2n) is 9.62. The molecule has 5 aromatic rings. The first-order chi connectivity index (χ1) is 18.6. The molecule has 1 aliphatic carbocycles. The number of rotatable bonds is 7. The average Bonchev–Trinajstić information content (AvgIpc) is 3.72. The van der Waals surface area contributed by atoms with Crippen LogP contribution in [0.25, 0.3) is 27.5 Å². The van der Waals surface area contributed by atoms with Crippen molar-refractivity contribution in [1.82, 2.24) is 24.8 Å². The molecular weight excluding hydrogens is 511 g/mol. The van der Waals surface area contributed by atoms with Gasteiger partial charge in [-0.25, -0.2) is 9.50 Å². The van der Waals surface area contributed by atoms with E-state index in [2.05, 4.69) is 81.8 Å². The molecule has 7 nitrogen and oxygen atoms in total. The van der Waals surface area contributed by atoms with Crippen LogP contribution in [0.15, 0.2) is 53.4 Å². The van der Waals surface area contributed by atoms with Gasteiger partial charge in [0.05, 0.1) is 17.6 Å². The maximum Gasteiger partial charge on any atom is 0.178 e. The molecule has 1 saturated carbocycles. The maximum absolute atomic E-state index is 4.96. The van der Waals surface area contributed by atoms with Gasteiger partial charge in [0.15, 0.2) is 5.65 Å². The minimum atomic E-state index is 0.371. The highest BCUT2D eigenvalue weighted by Gasteiger charge is 2.18. The third-order valence-corrected chi connectivity index (χ3v) is 8.52. The summed E-state index contributed by atoms with van der Waals surface area (Å²) in [6.45, 7) is 8.29. The van der Waals surface area contributed by atoms with Crippen molar-refractivity contribution in [1.29, 1.82) is 0 Å². The summed E-state index contributed by atoms with van der Waals surface area (Å²) >= 11 is 3.33. The van der Waals surface area contributed by atoms with Crippen LogP contribution in [0.2, 0.25) is 0 Å². The number of hydrogen-bond donors (Lipinski definition) is 2. The number of benzene rings is 1. The van der Waals surface area contributed by atoms with Gasteiger partial charge in [0, 0.05) is 40.2 Å². The molecule has 1 aliphatic rings. The summed E-state index contributed by atoms with van der Waals surface area (Å²) in [6.07, 6.45) is 8.15. The van der Waals surface area contributed by atoms with E-state index in [9.17, 15) is 0 Å². The van der Waals surface area contributed by atoms with Crippen LogP contribution >= 0.6 is 22.7 Å². The lowest BCUT2D eigenvalue weighted by Crippen LogP contribution is -2.23. The van der Waals surface area contributed by atoms with Gasteiger partial charge in [0.2, 0.25) is 0 Å². The molecule has 4 heterocycles. The minimum Gasteiger partial charge on any atom is -0.366 e. The third-order valence-electron chi connectivity index (χ3n) is 6.56. The highest BCUT2D eigenvalue weighted by Crippen LogP contribution is 2.33. The number of thiophene rings is 1. The number of imidazole rings is 1. The lowest BCUT2D eigenvalue weighted by molar-refractivity contribution is 0.461. The van der Waals surface area contributed by atoms with Gasteiger partial charge in [0.1, 0.15) is 15.8 Å². The van der Waals surface area contributed by atoms with E-state index in [4.69, 9.17) is 10.1 Å². The van der Waals surface area contributed by atoms with Crippen LogP contribution in [0, 0.1) is 0 Å². The van der Waals surface area contributed by atoms with Gasteiger partial charge in [-0.3, -0.25) is 0 Å². The van der Waals surface area contributed by atoms with Crippen LogP contribution < -0.4 is 10.6 Å². The molecule has 0 saturated heterocycles. The zero-order chi connectivity index (χ0) is 26.5. The highest BCUT2D eigenvalue weighted by molar-refractivity contribution is 7.14. The lowest BCUT2D eigenvalue weighted by atomic mass is 9.95. The fourth-order valence-electron chi connectivity index (χ4n) is 4.66. The summed E-state index contributed by atoms with van der Waals surface area (Å²) in [7, 11) is 0. The molecule has 38 heavy (non-hydrogen) atoms. The van der Waals surface area contributed by atoms with Crippen LogP contribution in [0.3, 0.4) is 0 Å². The molecule has 0 atom stereocenters. The van der Waals surface area contributed by atoms with E-state index >= 15 is 0 Å². The van der Waals surface area contributed by atoms with Gasteiger partial charge < -0.3 is 10.6 Å². The van der Waals surface area contributed by atoms with Gasteiger partial charge in [-0.15, -0.1) is 15.3 Å². The topological polar surface area (TPSA) is 80.0 Å². The molecule has 0 bridgehead atoms. The molecule has 1 aromatic carbocycles. The Labute approximate surface area is 232 Å². The molecule has 6 rings (SSSR count). The van der Waals surface area contributed by atoms with Crippen LogP contribution in [0.1, 0.15) is 70.7 Å². The summed E-state index contributed by atoms with van der Waals surface area (Å²) in [5, 5.41) is 27.3. The second kappa shape index (κ2) is 12.0. The number of hydrogen-bond acceptors (Lipinski definition) is 8. The summed E-state index contributed by atoms with van der Waals surface area (Å²) < 4.78 is 1.96. The van der Waals surface area contributed by atoms with Crippen LogP contribution in [-0.4, -0.2) is 30.8 Å². The number of nitrogens with zero attached hydrogens (tertiary/aromatic N) is 5. The first-order valence-electron chi connectivity index (χ1n) is 13.5. The fraction of sp³-hybridized carbons (Fsp3) is 0.379. The molecule has 2 N–H and O–H groups in total. The smallest absolute Gasteiger partial charge is 0.178 e. The van der Waals surface area contributed by atoms with Gasteiger partial charge in [-0.2, -0.15) is 11.3 Å². The van der Waals surface area contributed by atoms with Crippen molar-refractivity contribution in [2.45, 2.75) is 71.8 Å². The molecule has 1 fully saturated rings. The summed E-state index contributed by atoms with van der Waals surface area (Å²) in [4.78, 5) is 4.76. The molecule has 0 amide bonds. The van der Waals surface area contributed by atoms with E-state index in [1.807, 2.05) is 24.6 Å². The predicted molar refractivity (Wildman–Crippen MR) is 161 cm³/mol. The molecule has 0 radical (unpaired) electrons. The molecule has 0 spiro atoms. The van der Waals surface area contributed by atoms with Crippen molar-refractivity contribution in [3.8, 4) is 21.8 Å². The van der Waals surface area contributed by atoms with E-state index in [-0.39, 0.29) is 0 Å². The summed E-state index contributed by atoms with van der Waals surface area (Å²) in [5.41, 5.74) is 5.87. The number of fused-ring (bicyclic) bond motifs is 1. The normalized spacial score (nSPS) is 13.9. The quantitative estimate of drug-likeness (QED) is 0.213. The lowest BCUT2D eigenvalue weighted by Gasteiger charge is -2.23. The van der Waals surface area contributed by atoms with Crippen molar-refractivity contribution < 1.29 is 0 Å². The number of nitrogens with one attached hydrogen (secondary N) is 2. The molecular formula is C29H35N7S2. The minimum absolute atomic E-state index is 0.371. The van der Waals surface area contributed by atoms with Gasteiger partial charge in [0.25, 0.3) is 0 Å². The molecule has 4 aromatic heterocycles. The standard InChI is InChI=1S/C27H29N7S2.C2H6/c1-17(2)26-31-32-27(36-26)18-7-6-10-21(13-18)29-22-14-24(30-20-8-4-3-5-9-20)33-34-23(15-28-25(22)34)19-11-12-35-16-19;1-2/h6-7,10-17,20,29H,3-5,8-9H2,1-2H3,(H,30,33);1-2H3. The van der Waals surface area contributed by atoms with E-state index in [1.54, 1.807) is 22.7 Å². The Bertz CT molecular complexity index is 1460. The SMILES string of the molecule is CC.CC(C)c1nnc(-c2cccc(Nc3cc(NC4CCCCC4)nn4c(-c5ccsc5)cnc34)c2)s1. The average molecular weight is 546 g/mol. The second-order valence-corrected chi connectivity index (χ2v) is 11.4. The Morgan fingerprint density at radius 2 is 1.84 bits per heavy atom. The predicted octanol–water partition coefficient (Wildman–Crippen LogP) is 8.61. The van der Waals surface area contributed by atoms with Crippen LogP contribution in [0.4, 0.5) is 17.2 Å². The van der Waals surface area contributed by atoms with E-state index in [0.717, 1.165) is 49.7 Å². The first-order valence-corrected chi connectivity index (χ1v) is 15.3. The van der Waals surface area contributed by atoms with Gasteiger partial charge in [-0.05, 0) is 36.4 Å². The number of aromatic nitrogens is 5. The zero-order valence-electron chi connectivity index (χ0n) is 22.4. The molecule has 198 valence electrons. The first kappa shape index (κ1) is 26.3. The zero-order valence-corrected chi connectivity index (χ0v) is 24.1. The van der Waals surface area contributed by atoms with Crippen molar-refractivity contribution in [3.05, 3.63) is 58.4 Å². The summed E-state index contributed by atoms with van der Waals surface area (Å²) in [5.74, 6) is 1.24. The molecule has 0 aliphatic heterocycles. The van der Waals surface area contributed by atoms with Gasteiger partial charge >= 0.3 is 0 Å². The van der Waals surface area contributed by atoms with E-state index in [0.29, 0.717) is 12.0 Å². The number of anilines is 3. The Balaban J connectivity index is 0.00000144. The van der Waals surface area contributed by atoms with Gasteiger partial charge in [-0.1, -0.05) is 70.4 Å². The molecule has 0 unspecified atom stereocenters. The van der Waals surface area contributed by atoms with Crippen molar-refractivity contribution in [2.75, 3.05) is 10.6 Å². The van der Waals surface area contributed by atoms with Crippen LogP contribution in [-0.2, 0) is 0 Å². The van der Waals surface area contributed by atoms with E-state index in [1.165, 1.54) is 32.1 Å². The maximum atomic E-state index is 4.96. The van der Waals surface area contributed by atoms with E-state index < -0.39 is 0 Å². The van der Waals surface area contributed by atoms with Crippen molar-refractivity contribution >= 4 is 45.5 Å². The summed E-state index contributed by atoms with van der Waals surface area (Å²) in [6, 6.07) is 13.0. The Morgan fingerprint density at radius 1 is 1.00 bits per heavy atom. The Hall–Kier alpha value is -3.30.